The van der Waals surface area contributed by atoms with Crippen molar-refractivity contribution in [2.75, 3.05) is 26.2 Å². The molecule has 4 rings (SSSR count). The lowest BCUT2D eigenvalue weighted by atomic mass is 10.2. The van der Waals surface area contributed by atoms with Gasteiger partial charge in [-0.25, -0.2) is 4.98 Å². The van der Waals surface area contributed by atoms with Crippen molar-refractivity contribution in [2.24, 2.45) is 0 Å². The summed E-state index contributed by atoms with van der Waals surface area (Å²) in [5, 5.41) is 9.82. The van der Waals surface area contributed by atoms with E-state index < -0.39 is 5.56 Å². The molecule has 0 spiro atoms. The average molecular weight is 379 g/mol. The van der Waals surface area contributed by atoms with Gasteiger partial charge in [0.1, 0.15) is 5.56 Å². The van der Waals surface area contributed by atoms with E-state index in [9.17, 15) is 14.7 Å². The number of pyridine rings is 2. The van der Waals surface area contributed by atoms with Crippen LogP contribution in [0.25, 0.3) is 5.65 Å². The van der Waals surface area contributed by atoms with Crippen molar-refractivity contribution in [3.8, 4) is 5.75 Å². The molecule has 8 heteroatoms. The van der Waals surface area contributed by atoms with Gasteiger partial charge in [0.15, 0.2) is 11.4 Å². The maximum absolute atomic E-state index is 12.8. The fraction of sp³-hybridized carbons (Fsp3) is 0.300. The first-order valence-corrected chi connectivity index (χ1v) is 9.16. The second-order valence-corrected chi connectivity index (χ2v) is 6.90. The Hall–Kier alpha value is -3.26. The van der Waals surface area contributed by atoms with Gasteiger partial charge in [-0.3, -0.25) is 23.9 Å². The lowest BCUT2D eigenvalue weighted by molar-refractivity contribution is 0.0624. The topological polar surface area (TPSA) is 91.0 Å². The molecule has 4 heterocycles. The van der Waals surface area contributed by atoms with Crippen LogP contribution in [0.3, 0.4) is 0 Å². The average Bonchev–Trinajstić information content (AvgIpc) is 2.71. The lowest BCUT2D eigenvalue weighted by Crippen LogP contribution is -2.49. The van der Waals surface area contributed by atoms with Gasteiger partial charge < -0.3 is 10.0 Å². The van der Waals surface area contributed by atoms with Crippen LogP contribution < -0.4 is 5.56 Å². The number of amides is 1. The van der Waals surface area contributed by atoms with Crippen molar-refractivity contribution >= 4 is 11.6 Å². The molecule has 28 heavy (non-hydrogen) atoms. The molecule has 0 aliphatic carbocycles. The van der Waals surface area contributed by atoms with E-state index in [1.165, 1.54) is 28.9 Å². The van der Waals surface area contributed by atoms with Crippen molar-refractivity contribution in [1.29, 1.82) is 0 Å². The fourth-order valence-electron chi connectivity index (χ4n) is 3.41. The summed E-state index contributed by atoms with van der Waals surface area (Å²) in [4.78, 5) is 37.9. The number of carbonyl (C=O) groups excluding carboxylic acids is 1. The predicted molar refractivity (Wildman–Crippen MR) is 103 cm³/mol. The highest BCUT2D eigenvalue weighted by Crippen LogP contribution is 2.15. The summed E-state index contributed by atoms with van der Waals surface area (Å²) in [7, 11) is 0. The molecule has 144 valence electrons. The molecule has 8 nitrogen and oxygen atoms in total. The number of fused-ring (bicyclic) bond motifs is 1. The predicted octanol–water partition coefficient (Wildman–Crippen LogP) is 1.06. The Kier molecular flexibility index (Phi) is 4.79. The summed E-state index contributed by atoms with van der Waals surface area (Å²) in [5.41, 5.74) is 1.87. The molecule has 3 aromatic heterocycles. The van der Waals surface area contributed by atoms with Crippen LogP contribution in [0.1, 0.15) is 21.6 Å². The number of aromatic nitrogens is 3. The van der Waals surface area contributed by atoms with Crippen LogP contribution in [0.5, 0.6) is 5.75 Å². The molecule has 0 saturated carbocycles. The number of carbonyl (C=O) groups is 1. The molecule has 1 N–H and O–H groups in total. The highest BCUT2D eigenvalue weighted by atomic mass is 16.3. The van der Waals surface area contributed by atoms with Crippen molar-refractivity contribution in [3.63, 3.8) is 0 Å². The van der Waals surface area contributed by atoms with E-state index in [2.05, 4.69) is 14.9 Å². The van der Waals surface area contributed by atoms with Crippen molar-refractivity contribution in [2.45, 2.75) is 13.5 Å². The van der Waals surface area contributed by atoms with Gasteiger partial charge in [0, 0.05) is 51.3 Å². The molecule has 1 aliphatic rings. The number of hydrogen-bond acceptors (Lipinski definition) is 6. The minimum atomic E-state index is -0.475. The number of hydrogen-bond donors (Lipinski definition) is 1. The first-order valence-electron chi connectivity index (χ1n) is 9.16. The maximum atomic E-state index is 12.8. The zero-order chi connectivity index (χ0) is 19.7. The van der Waals surface area contributed by atoms with Gasteiger partial charge in [0.05, 0.1) is 5.69 Å². The van der Waals surface area contributed by atoms with Crippen LogP contribution in [0.15, 0.2) is 47.7 Å². The van der Waals surface area contributed by atoms with E-state index in [0.717, 1.165) is 17.8 Å². The van der Waals surface area contributed by atoms with Crippen LogP contribution >= 0.6 is 0 Å². The standard InChI is InChI=1S/C20H21N5O3/c1-14-4-2-6-21-16(14)13-23-8-10-24(11-9-23)19(27)15-12-22-18-17(26)5-3-7-25(18)20(15)28/h2-7,12,26H,8-11,13H2,1H3. The van der Waals surface area contributed by atoms with Crippen molar-refractivity contribution in [1.82, 2.24) is 24.2 Å². The Labute approximate surface area is 161 Å². The van der Waals surface area contributed by atoms with Crippen LogP contribution in [0.2, 0.25) is 0 Å². The normalized spacial score (nSPS) is 15.1. The number of aromatic hydroxyl groups is 1. The minimum Gasteiger partial charge on any atom is -0.504 e. The summed E-state index contributed by atoms with van der Waals surface area (Å²) < 4.78 is 1.20. The molecule has 0 aromatic carbocycles. The van der Waals surface area contributed by atoms with Gasteiger partial charge in [0.2, 0.25) is 0 Å². The van der Waals surface area contributed by atoms with Gasteiger partial charge in [-0.1, -0.05) is 6.07 Å². The third kappa shape index (κ3) is 3.34. The summed E-state index contributed by atoms with van der Waals surface area (Å²) >= 11 is 0. The van der Waals surface area contributed by atoms with E-state index in [1.807, 2.05) is 19.1 Å². The van der Waals surface area contributed by atoms with Crippen LogP contribution in [-0.4, -0.2) is 61.4 Å². The largest absolute Gasteiger partial charge is 0.504 e. The third-order valence-electron chi connectivity index (χ3n) is 5.09. The molecule has 1 saturated heterocycles. The number of rotatable bonds is 3. The quantitative estimate of drug-likeness (QED) is 0.732. The number of aryl methyl sites for hydroxylation is 1. The second-order valence-electron chi connectivity index (χ2n) is 6.90. The monoisotopic (exact) mass is 379 g/mol. The van der Waals surface area contributed by atoms with Crippen LogP contribution in [0.4, 0.5) is 0 Å². The van der Waals surface area contributed by atoms with Gasteiger partial charge in [-0.05, 0) is 30.7 Å². The van der Waals surface area contributed by atoms with Crippen molar-refractivity contribution in [3.05, 3.63) is 70.0 Å². The molecular weight excluding hydrogens is 358 g/mol. The Balaban J connectivity index is 1.47. The van der Waals surface area contributed by atoms with Crippen LogP contribution in [-0.2, 0) is 6.54 Å². The summed E-state index contributed by atoms with van der Waals surface area (Å²) in [6.45, 7) is 5.28. The fourth-order valence-corrected chi connectivity index (χ4v) is 3.41. The number of piperazine rings is 1. The Morgan fingerprint density at radius 2 is 1.93 bits per heavy atom. The van der Waals surface area contributed by atoms with E-state index in [1.54, 1.807) is 11.1 Å². The molecule has 1 aliphatic heterocycles. The molecule has 0 bridgehead atoms. The zero-order valence-electron chi connectivity index (χ0n) is 15.6. The SMILES string of the molecule is Cc1cccnc1CN1CCN(C(=O)c2cnc3c(O)cccn3c2=O)CC1. The minimum absolute atomic E-state index is 0.0112. The smallest absolute Gasteiger partial charge is 0.270 e. The molecular formula is C20H21N5O3. The molecule has 3 aromatic rings. The first-order chi connectivity index (χ1) is 13.5. The van der Waals surface area contributed by atoms with E-state index in [-0.39, 0.29) is 22.9 Å². The molecule has 1 amide bonds. The Morgan fingerprint density at radius 1 is 1.14 bits per heavy atom. The van der Waals surface area contributed by atoms with Gasteiger partial charge in [0.25, 0.3) is 11.5 Å². The summed E-state index contributed by atoms with van der Waals surface area (Å²) in [6.07, 6.45) is 4.54. The van der Waals surface area contributed by atoms with E-state index in [0.29, 0.717) is 26.2 Å². The van der Waals surface area contributed by atoms with Gasteiger partial charge in [-0.15, -0.1) is 0 Å². The highest BCUT2D eigenvalue weighted by molar-refractivity contribution is 5.94. The van der Waals surface area contributed by atoms with Crippen molar-refractivity contribution < 1.29 is 9.90 Å². The zero-order valence-corrected chi connectivity index (χ0v) is 15.6. The highest BCUT2D eigenvalue weighted by Gasteiger charge is 2.25. The molecule has 0 unspecified atom stereocenters. The van der Waals surface area contributed by atoms with E-state index >= 15 is 0 Å². The molecule has 0 atom stereocenters. The summed E-state index contributed by atoms with van der Waals surface area (Å²) in [6, 6.07) is 6.95. The maximum Gasteiger partial charge on any atom is 0.270 e. The third-order valence-corrected chi connectivity index (χ3v) is 5.09. The lowest BCUT2D eigenvalue weighted by Gasteiger charge is -2.34. The second kappa shape index (κ2) is 7.40. The Bertz CT molecular complexity index is 1090. The van der Waals surface area contributed by atoms with E-state index in [4.69, 9.17) is 0 Å². The van der Waals surface area contributed by atoms with Gasteiger partial charge >= 0.3 is 0 Å². The van der Waals surface area contributed by atoms with Crippen LogP contribution in [0, 0.1) is 6.92 Å². The van der Waals surface area contributed by atoms with Gasteiger partial charge in [-0.2, -0.15) is 0 Å². The Morgan fingerprint density at radius 3 is 2.68 bits per heavy atom. The number of nitrogens with zero attached hydrogens (tertiary/aromatic N) is 5. The molecule has 1 fully saturated rings. The first kappa shape index (κ1) is 18.1. The molecule has 0 radical (unpaired) electrons. The summed E-state index contributed by atoms with van der Waals surface area (Å²) in [5.74, 6) is -0.430.